The molecule has 0 aliphatic rings. The number of carbonyl (C=O) groups is 1. The van der Waals surface area contributed by atoms with Crippen LogP contribution in [-0.4, -0.2) is 27.2 Å². The summed E-state index contributed by atoms with van der Waals surface area (Å²) in [7, 11) is 5.37. The normalized spacial score (nSPS) is 9.95. The lowest BCUT2D eigenvalue weighted by Crippen LogP contribution is -2.14. The Labute approximate surface area is 118 Å². The number of nitrogens with zero attached hydrogens (tertiary/aromatic N) is 1. The molecule has 4 heteroatoms. The van der Waals surface area contributed by atoms with Gasteiger partial charge in [-0.3, -0.25) is 0 Å². The number of benzene rings is 2. The second kappa shape index (κ2) is 6.10. The SMILES string of the molecule is COc1ccc(OC(=O)c2ccccc2)c(N(C)C)c1. The van der Waals surface area contributed by atoms with E-state index in [-0.39, 0.29) is 5.97 Å². The molecular formula is C16H17NO3. The van der Waals surface area contributed by atoms with Crippen LogP contribution in [0.5, 0.6) is 11.5 Å². The molecule has 0 unspecified atom stereocenters. The highest BCUT2D eigenvalue weighted by Crippen LogP contribution is 2.31. The van der Waals surface area contributed by atoms with E-state index in [9.17, 15) is 4.79 Å². The van der Waals surface area contributed by atoms with Crippen LogP contribution in [0.1, 0.15) is 10.4 Å². The maximum Gasteiger partial charge on any atom is 0.343 e. The van der Waals surface area contributed by atoms with Crippen molar-refractivity contribution in [3.8, 4) is 11.5 Å². The smallest absolute Gasteiger partial charge is 0.343 e. The largest absolute Gasteiger partial charge is 0.497 e. The Hall–Kier alpha value is -2.49. The average Bonchev–Trinajstić information content (AvgIpc) is 2.48. The molecule has 0 spiro atoms. The molecule has 0 fully saturated rings. The minimum absolute atomic E-state index is 0.376. The monoisotopic (exact) mass is 271 g/mol. The molecule has 2 rings (SSSR count). The predicted octanol–water partition coefficient (Wildman–Crippen LogP) is 2.98. The highest BCUT2D eigenvalue weighted by atomic mass is 16.5. The van der Waals surface area contributed by atoms with Crippen LogP contribution >= 0.6 is 0 Å². The number of carbonyl (C=O) groups excluding carboxylic acids is 1. The Balaban J connectivity index is 2.27. The molecule has 0 heterocycles. The number of rotatable bonds is 4. The number of esters is 1. The molecule has 0 atom stereocenters. The molecule has 0 aliphatic heterocycles. The van der Waals surface area contributed by atoms with Gasteiger partial charge in [-0.2, -0.15) is 0 Å². The Kier molecular flexibility index (Phi) is 4.25. The van der Waals surface area contributed by atoms with Gasteiger partial charge in [-0.1, -0.05) is 18.2 Å². The molecular weight excluding hydrogens is 254 g/mol. The quantitative estimate of drug-likeness (QED) is 0.633. The minimum atomic E-state index is -0.376. The molecule has 0 saturated carbocycles. The summed E-state index contributed by atoms with van der Waals surface area (Å²) < 4.78 is 10.6. The van der Waals surface area contributed by atoms with Gasteiger partial charge in [-0.15, -0.1) is 0 Å². The third-order valence-electron chi connectivity index (χ3n) is 2.86. The molecule has 0 bridgehead atoms. The number of ether oxygens (including phenoxy) is 2. The van der Waals surface area contributed by atoms with Crippen molar-refractivity contribution in [1.29, 1.82) is 0 Å². The van der Waals surface area contributed by atoms with E-state index < -0.39 is 0 Å². The molecule has 0 amide bonds. The molecule has 0 aromatic heterocycles. The van der Waals surface area contributed by atoms with Crippen LogP contribution < -0.4 is 14.4 Å². The van der Waals surface area contributed by atoms with Crippen LogP contribution in [0.3, 0.4) is 0 Å². The first-order chi connectivity index (χ1) is 9.61. The van der Waals surface area contributed by atoms with E-state index in [1.807, 2.05) is 31.1 Å². The van der Waals surface area contributed by atoms with E-state index in [1.165, 1.54) is 0 Å². The zero-order valence-electron chi connectivity index (χ0n) is 11.8. The third kappa shape index (κ3) is 3.09. The zero-order valence-corrected chi connectivity index (χ0v) is 11.8. The van der Waals surface area contributed by atoms with Gasteiger partial charge < -0.3 is 14.4 Å². The summed E-state index contributed by atoms with van der Waals surface area (Å²) in [6.45, 7) is 0. The zero-order chi connectivity index (χ0) is 14.5. The van der Waals surface area contributed by atoms with Crippen molar-refractivity contribution in [3.05, 3.63) is 54.1 Å². The lowest BCUT2D eigenvalue weighted by atomic mass is 10.2. The molecule has 4 nitrogen and oxygen atoms in total. The average molecular weight is 271 g/mol. The first-order valence-electron chi connectivity index (χ1n) is 6.24. The first-order valence-corrected chi connectivity index (χ1v) is 6.24. The highest BCUT2D eigenvalue weighted by molar-refractivity contribution is 5.91. The fraction of sp³-hybridized carbons (Fsp3) is 0.188. The van der Waals surface area contributed by atoms with Gasteiger partial charge >= 0.3 is 5.97 Å². The summed E-state index contributed by atoms with van der Waals surface area (Å²) >= 11 is 0. The van der Waals surface area contributed by atoms with Crippen molar-refractivity contribution in [3.63, 3.8) is 0 Å². The molecule has 0 saturated heterocycles. The minimum Gasteiger partial charge on any atom is -0.497 e. The van der Waals surface area contributed by atoms with Crippen molar-refractivity contribution < 1.29 is 14.3 Å². The fourth-order valence-electron chi connectivity index (χ4n) is 1.79. The van der Waals surface area contributed by atoms with Crippen LogP contribution in [-0.2, 0) is 0 Å². The number of hydrogen-bond donors (Lipinski definition) is 0. The van der Waals surface area contributed by atoms with Gasteiger partial charge in [-0.25, -0.2) is 4.79 Å². The van der Waals surface area contributed by atoms with Crippen molar-refractivity contribution in [2.24, 2.45) is 0 Å². The van der Waals surface area contributed by atoms with Crippen molar-refractivity contribution in [1.82, 2.24) is 0 Å². The van der Waals surface area contributed by atoms with Gasteiger partial charge in [0.1, 0.15) is 5.75 Å². The maximum atomic E-state index is 12.1. The standard InChI is InChI=1S/C16H17NO3/c1-17(2)14-11-13(19-3)9-10-15(14)20-16(18)12-7-5-4-6-8-12/h4-11H,1-3H3. The van der Waals surface area contributed by atoms with E-state index in [1.54, 1.807) is 43.5 Å². The van der Waals surface area contributed by atoms with E-state index >= 15 is 0 Å². The summed E-state index contributed by atoms with van der Waals surface area (Å²) in [4.78, 5) is 13.9. The lowest BCUT2D eigenvalue weighted by molar-refractivity contribution is 0.0735. The topological polar surface area (TPSA) is 38.8 Å². The Morgan fingerprint density at radius 2 is 1.75 bits per heavy atom. The van der Waals surface area contributed by atoms with Crippen LogP contribution in [0.15, 0.2) is 48.5 Å². The fourth-order valence-corrected chi connectivity index (χ4v) is 1.79. The van der Waals surface area contributed by atoms with Gasteiger partial charge in [0.2, 0.25) is 0 Å². The van der Waals surface area contributed by atoms with Gasteiger partial charge in [0.15, 0.2) is 5.75 Å². The van der Waals surface area contributed by atoms with Crippen molar-refractivity contribution in [2.45, 2.75) is 0 Å². The van der Waals surface area contributed by atoms with Crippen LogP contribution in [0.2, 0.25) is 0 Å². The molecule has 104 valence electrons. The molecule has 0 radical (unpaired) electrons. The van der Waals surface area contributed by atoms with E-state index in [0.29, 0.717) is 17.1 Å². The Morgan fingerprint density at radius 3 is 2.35 bits per heavy atom. The van der Waals surface area contributed by atoms with E-state index in [2.05, 4.69) is 0 Å². The second-order valence-corrected chi connectivity index (χ2v) is 4.48. The highest BCUT2D eigenvalue weighted by Gasteiger charge is 2.13. The molecule has 2 aromatic rings. The summed E-state index contributed by atoms with van der Waals surface area (Å²) in [5.41, 5.74) is 1.31. The molecule has 2 aromatic carbocycles. The third-order valence-corrected chi connectivity index (χ3v) is 2.86. The van der Waals surface area contributed by atoms with Gasteiger partial charge in [0.05, 0.1) is 18.4 Å². The van der Waals surface area contributed by atoms with Crippen molar-refractivity contribution in [2.75, 3.05) is 26.1 Å². The van der Waals surface area contributed by atoms with Crippen LogP contribution in [0, 0.1) is 0 Å². The van der Waals surface area contributed by atoms with E-state index in [0.717, 1.165) is 5.69 Å². The summed E-state index contributed by atoms with van der Waals surface area (Å²) in [6.07, 6.45) is 0. The van der Waals surface area contributed by atoms with Crippen LogP contribution in [0.4, 0.5) is 5.69 Å². The number of anilines is 1. The molecule has 0 N–H and O–H groups in total. The maximum absolute atomic E-state index is 12.1. The van der Waals surface area contributed by atoms with Gasteiger partial charge in [0.25, 0.3) is 0 Å². The Bertz CT molecular complexity index is 594. The van der Waals surface area contributed by atoms with E-state index in [4.69, 9.17) is 9.47 Å². The Morgan fingerprint density at radius 1 is 1.05 bits per heavy atom. The molecule has 20 heavy (non-hydrogen) atoms. The first kappa shape index (κ1) is 13.9. The number of methoxy groups -OCH3 is 1. The summed E-state index contributed by atoms with van der Waals surface area (Å²) in [5, 5.41) is 0. The second-order valence-electron chi connectivity index (χ2n) is 4.48. The van der Waals surface area contributed by atoms with Gasteiger partial charge in [0, 0.05) is 20.2 Å². The summed E-state index contributed by atoms with van der Waals surface area (Å²) in [6, 6.07) is 14.2. The molecule has 0 aliphatic carbocycles. The van der Waals surface area contributed by atoms with Gasteiger partial charge in [-0.05, 0) is 24.3 Å². The predicted molar refractivity (Wildman–Crippen MR) is 78.7 cm³/mol. The number of hydrogen-bond acceptors (Lipinski definition) is 4. The summed E-state index contributed by atoms with van der Waals surface area (Å²) in [5.74, 6) is 0.844. The van der Waals surface area contributed by atoms with Crippen molar-refractivity contribution >= 4 is 11.7 Å². The van der Waals surface area contributed by atoms with Crippen LogP contribution in [0.25, 0.3) is 0 Å². The lowest BCUT2D eigenvalue weighted by Gasteiger charge is -2.18.